The summed E-state index contributed by atoms with van der Waals surface area (Å²) < 4.78 is 1.53. The lowest BCUT2D eigenvalue weighted by molar-refractivity contribution is -0.118. The van der Waals surface area contributed by atoms with Gasteiger partial charge in [-0.3, -0.25) is 14.2 Å². The van der Waals surface area contributed by atoms with Crippen LogP contribution in [-0.4, -0.2) is 27.8 Å². The van der Waals surface area contributed by atoms with E-state index in [1.807, 2.05) is 66.0 Å². The van der Waals surface area contributed by atoms with E-state index in [2.05, 4.69) is 10.3 Å². The van der Waals surface area contributed by atoms with E-state index in [4.69, 9.17) is 0 Å². The van der Waals surface area contributed by atoms with E-state index < -0.39 is 0 Å². The zero-order chi connectivity index (χ0) is 20.9. The largest absolute Gasteiger partial charge is 0.355 e. The molecule has 4 aromatic rings. The van der Waals surface area contributed by atoms with E-state index in [0.717, 1.165) is 17.5 Å². The Morgan fingerprint density at radius 1 is 1.10 bits per heavy atom. The summed E-state index contributed by atoms with van der Waals surface area (Å²) in [6.07, 6.45) is 0.789. The number of nitrogens with one attached hydrogen (secondary N) is 1. The van der Waals surface area contributed by atoms with E-state index in [9.17, 15) is 9.59 Å². The standard InChI is InChI=1S/C23H21N3O2S2/c1-26-22(28)20-18(17-10-6-3-7-11-17)14-29-21(20)25-23(26)30-15-19(27)24-13-12-16-8-4-2-5-9-16/h2-11,14H,12-13,15H2,1H3,(H,24,27). The Kier molecular flexibility index (Phi) is 6.30. The van der Waals surface area contributed by atoms with E-state index in [1.165, 1.54) is 33.2 Å². The molecule has 0 atom stereocenters. The third-order valence-corrected chi connectivity index (χ3v) is 6.67. The molecule has 0 aliphatic heterocycles. The van der Waals surface area contributed by atoms with Crippen LogP contribution in [0.25, 0.3) is 21.3 Å². The maximum absolute atomic E-state index is 13.0. The lowest BCUT2D eigenvalue weighted by Gasteiger charge is -2.08. The second kappa shape index (κ2) is 9.28. The summed E-state index contributed by atoms with van der Waals surface area (Å²) in [5.74, 6) is 0.152. The summed E-state index contributed by atoms with van der Waals surface area (Å²) in [5, 5.41) is 6.08. The molecule has 0 fully saturated rings. The number of thioether (sulfide) groups is 1. The molecule has 0 bridgehead atoms. The predicted molar refractivity (Wildman–Crippen MR) is 124 cm³/mol. The maximum Gasteiger partial charge on any atom is 0.263 e. The molecule has 0 aliphatic rings. The molecule has 2 heterocycles. The van der Waals surface area contributed by atoms with E-state index in [-0.39, 0.29) is 17.2 Å². The van der Waals surface area contributed by atoms with Crippen molar-refractivity contribution >= 4 is 39.2 Å². The van der Waals surface area contributed by atoms with E-state index in [1.54, 1.807) is 7.05 Å². The Hall–Kier alpha value is -2.90. The van der Waals surface area contributed by atoms with Gasteiger partial charge in [-0.1, -0.05) is 72.4 Å². The molecule has 152 valence electrons. The molecule has 30 heavy (non-hydrogen) atoms. The van der Waals surface area contributed by atoms with Crippen LogP contribution in [0.3, 0.4) is 0 Å². The summed E-state index contributed by atoms with van der Waals surface area (Å²) in [5.41, 5.74) is 3.00. The van der Waals surface area contributed by atoms with Gasteiger partial charge < -0.3 is 5.32 Å². The average Bonchev–Trinajstić information content (AvgIpc) is 3.21. The van der Waals surface area contributed by atoms with Gasteiger partial charge in [-0.05, 0) is 17.5 Å². The van der Waals surface area contributed by atoms with Crippen LogP contribution in [0.1, 0.15) is 5.56 Å². The van der Waals surface area contributed by atoms with Crippen molar-refractivity contribution in [2.24, 2.45) is 7.05 Å². The molecule has 0 radical (unpaired) electrons. The van der Waals surface area contributed by atoms with Crippen LogP contribution in [0.5, 0.6) is 0 Å². The first-order valence-electron chi connectivity index (χ1n) is 9.60. The monoisotopic (exact) mass is 435 g/mol. The molecule has 0 unspecified atom stereocenters. The zero-order valence-electron chi connectivity index (χ0n) is 16.5. The summed E-state index contributed by atoms with van der Waals surface area (Å²) in [6, 6.07) is 19.9. The molecular formula is C23H21N3O2S2. The third-order valence-electron chi connectivity index (χ3n) is 4.77. The lowest BCUT2D eigenvalue weighted by atomic mass is 10.1. The smallest absolute Gasteiger partial charge is 0.263 e. The number of hydrogen-bond donors (Lipinski definition) is 1. The number of rotatable bonds is 7. The van der Waals surface area contributed by atoms with Crippen LogP contribution in [0, 0.1) is 0 Å². The van der Waals surface area contributed by atoms with Gasteiger partial charge in [0.15, 0.2) is 5.16 Å². The number of fused-ring (bicyclic) bond motifs is 1. The van der Waals surface area contributed by atoms with Gasteiger partial charge in [-0.15, -0.1) is 11.3 Å². The van der Waals surface area contributed by atoms with Crippen LogP contribution >= 0.6 is 23.1 Å². The molecule has 0 saturated heterocycles. The van der Waals surface area contributed by atoms with E-state index >= 15 is 0 Å². The summed E-state index contributed by atoms with van der Waals surface area (Å²) >= 11 is 2.74. The summed E-state index contributed by atoms with van der Waals surface area (Å²) in [6.45, 7) is 0.583. The van der Waals surface area contributed by atoms with Crippen LogP contribution in [0.15, 0.2) is 76.0 Å². The topological polar surface area (TPSA) is 64.0 Å². The van der Waals surface area contributed by atoms with Crippen molar-refractivity contribution in [2.45, 2.75) is 11.6 Å². The molecule has 1 N–H and O–H groups in total. The van der Waals surface area contributed by atoms with Crippen LogP contribution in [-0.2, 0) is 18.3 Å². The minimum atomic E-state index is -0.0907. The SMILES string of the molecule is Cn1c(SCC(=O)NCCc2ccccc2)nc2scc(-c3ccccc3)c2c1=O. The van der Waals surface area contributed by atoms with Gasteiger partial charge in [0.05, 0.1) is 11.1 Å². The number of hydrogen-bond acceptors (Lipinski definition) is 5. The van der Waals surface area contributed by atoms with Crippen molar-refractivity contribution in [1.29, 1.82) is 0 Å². The molecule has 5 nitrogen and oxygen atoms in total. The van der Waals surface area contributed by atoms with Crippen molar-refractivity contribution in [2.75, 3.05) is 12.3 Å². The maximum atomic E-state index is 13.0. The molecule has 0 spiro atoms. The fourth-order valence-corrected chi connectivity index (χ4v) is 4.97. The van der Waals surface area contributed by atoms with Crippen LogP contribution < -0.4 is 10.9 Å². The van der Waals surface area contributed by atoms with Crippen molar-refractivity contribution in [3.05, 3.63) is 82.0 Å². The number of benzene rings is 2. The highest BCUT2D eigenvalue weighted by Crippen LogP contribution is 2.31. The molecule has 7 heteroatoms. The molecular weight excluding hydrogens is 414 g/mol. The highest BCUT2D eigenvalue weighted by molar-refractivity contribution is 7.99. The molecule has 2 aromatic heterocycles. The minimum absolute atomic E-state index is 0.0681. The molecule has 4 rings (SSSR count). The number of carbonyl (C=O) groups excluding carboxylic acids is 1. The Labute approximate surface area is 182 Å². The van der Waals surface area contributed by atoms with Crippen molar-refractivity contribution < 1.29 is 4.79 Å². The van der Waals surface area contributed by atoms with Gasteiger partial charge in [0.2, 0.25) is 5.91 Å². The summed E-state index contributed by atoms with van der Waals surface area (Å²) in [4.78, 5) is 30.5. The number of amides is 1. The van der Waals surface area contributed by atoms with Crippen molar-refractivity contribution in [3.63, 3.8) is 0 Å². The first-order chi connectivity index (χ1) is 14.6. The van der Waals surface area contributed by atoms with Crippen LogP contribution in [0.4, 0.5) is 0 Å². The quantitative estimate of drug-likeness (QED) is 0.350. The molecule has 1 amide bonds. The Morgan fingerprint density at radius 2 is 1.80 bits per heavy atom. The molecule has 0 aliphatic carbocycles. The second-order valence-corrected chi connectivity index (χ2v) is 8.63. The Morgan fingerprint density at radius 3 is 2.53 bits per heavy atom. The fraction of sp³-hybridized carbons (Fsp3) is 0.174. The molecule has 0 saturated carbocycles. The van der Waals surface area contributed by atoms with Gasteiger partial charge in [-0.2, -0.15) is 0 Å². The normalized spacial score (nSPS) is 11.0. The zero-order valence-corrected chi connectivity index (χ0v) is 18.1. The lowest BCUT2D eigenvalue weighted by Crippen LogP contribution is -2.28. The second-order valence-electron chi connectivity index (χ2n) is 6.83. The third kappa shape index (κ3) is 4.47. The van der Waals surface area contributed by atoms with Gasteiger partial charge in [0, 0.05) is 24.5 Å². The Balaban J connectivity index is 1.44. The number of nitrogens with zero attached hydrogens (tertiary/aromatic N) is 2. The van der Waals surface area contributed by atoms with Crippen molar-refractivity contribution in [3.8, 4) is 11.1 Å². The first-order valence-corrected chi connectivity index (χ1v) is 11.5. The van der Waals surface area contributed by atoms with E-state index in [0.29, 0.717) is 21.9 Å². The first kappa shape index (κ1) is 20.4. The highest BCUT2D eigenvalue weighted by Gasteiger charge is 2.16. The summed E-state index contributed by atoms with van der Waals surface area (Å²) in [7, 11) is 1.71. The van der Waals surface area contributed by atoms with Crippen LogP contribution in [0.2, 0.25) is 0 Å². The number of thiophene rings is 1. The molecule has 2 aromatic carbocycles. The van der Waals surface area contributed by atoms with Crippen molar-refractivity contribution in [1.82, 2.24) is 14.9 Å². The average molecular weight is 436 g/mol. The highest BCUT2D eigenvalue weighted by atomic mass is 32.2. The fourth-order valence-electron chi connectivity index (χ4n) is 3.18. The van der Waals surface area contributed by atoms with Gasteiger partial charge >= 0.3 is 0 Å². The number of aromatic nitrogens is 2. The van der Waals surface area contributed by atoms with Gasteiger partial charge in [0.1, 0.15) is 4.83 Å². The predicted octanol–water partition coefficient (Wildman–Crippen LogP) is 4.11. The van der Waals surface area contributed by atoms with Gasteiger partial charge in [0.25, 0.3) is 5.56 Å². The minimum Gasteiger partial charge on any atom is -0.355 e. The Bertz CT molecular complexity index is 1220. The number of carbonyl (C=O) groups is 1. The van der Waals surface area contributed by atoms with Gasteiger partial charge in [-0.25, -0.2) is 4.98 Å².